The number of nitrogens with one attached hydrogen (secondary N) is 1. The number of aromatic amines is 1. The first-order valence-electron chi connectivity index (χ1n) is 6.05. The number of nitrogens with zero attached hydrogens (tertiary/aromatic N) is 2. The fourth-order valence-corrected chi connectivity index (χ4v) is 3.00. The van der Waals surface area contributed by atoms with Gasteiger partial charge in [-0.3, -0.25) is 4.57 Å². The summed E-state index contributed by atoms with van der Waals surface area (Å²) in [6, 6.07) is 16.3. The number of imidazole rings is 1. The highest BCUT2D eigenvalue weighted by molar-refractivity contribution is 14.1. The Bertz CT molecular complexity index is 869. The van der Waals surface area contributed by atoms with Crippen molar-refractivity contribution in [1.82, 2.24) is 9.55 Å². The molecule has 3 aromatic rings. The number of halogens is 1. The number of fused-ring (bicyclic) bond motifs is 1. The highest BCUT2D eigenvalue weighted by Crippen LogP contribution is 2.21. The van der Waals surface area contributed by atoms with E-state index >= 15 is 0 Å². The quantitative estimate of drug-likeness (QED) is 0.521. The first-order valence-corrected chi connectivity index (χ1v) is 7.54. The van der Waals surface area contributed by atoms with Gasteiger partial charge in [0.05, 0.1) is 23.5 Å². The molecule has 0 aliphatic carbocycles. The van der Waals surface area contributed by atoms with Crippen molar-refractivity contribution in [1.29, 1.82) is 5.26 Å². The highest BCUT2D eigenvalue weighted by Gasteiger charge is 2.06. The van der Waals surface area contributed by atoms with Gasteiger partial charge in [-0.2, -0.15) is 5.26 Å². The van der Waals surface area contributed by atoms with Crippen LogP contribution in [-0.2, 0) is 6.42 Å². The van der Waals surface area contributed by atoms with E-state index in [1.54, 1.807) is 0 Å². The molecule has 0 bridgehead atoms. The second-order valence-corrected chi connectivity index (χ2v) is 6.06. The molecule has 0 aliphatic rings. The maximum Gasteiger partial charge on any atom is 0.182 e. The van der Waals surface area contributed by atoms with Crippen molar-refractivity contribution in [2.24, 2.45) is 0 Å². The Balaban J connectivity index is 2.17. The van der Waals surface area contributed by atoms with Crippen LogP contribution in [0.4, 0.5) is 0 Å². The molecule has 1 heterocycles. The molecule has 0 radical (unpaired) electrons. The molecule has 3 rings (SSSR count). The van der Waals surface area contributed by atoms with Crippen LogP contribution in [0.15, 0.2) is 42.5 Å². The number of rotatable bonds is 2. The summed E-state index contributed by atoms with van der Waals surface area (Å²) in [5, 5.41) is 8.71. The predicted molar refractivity (Wildman–Crippen MR) is 90.5 cm³/mol. The van der Waals surface area contributed by atoms with Gasteiger partial charge in [-0.1, -0.05) is 12.1 Å². The third kappa shape index (κ3) is 2.37. The number of hydrogen-bond acceptors (Lipinski definition) is 2. The van der Waals surface area contributed by atoms with Crippen LogP contribution < -0.4 is 0 Å². The Morgan fingerprint density at radius 3 is 2.65 bits per heavy atom. The SMILES string of the molecule is N#CCc1ccc(-n2c(=S)[nH]c3cc(I)ccc32)cc1. The molecule has 0 saturated carbocycles. The average Bonchev–Trinajstić information content (AvgIpc) is 2.75. The molecule has 0 fully saturated rings. The van der Waals surface area contributed by atoms with E-state index in [1.165, 1.54) is 3.57 Å². The minimum absolute atomic E-state index is 0.428. The van der Waals surface area contributed by atoms with Crippen LogP contribution in [-0.4, -0.2) is 9.55 Å². The number of benzene rings is 2. The monoisotopic (exact) mass is 391 g/mol. The second kappa shape index (κ2) is 5.38. The van der Waals surface area contributed by atoms with Gasteiger partial charge in [0.1, 0.15) is 0 Å². The summed E-state index contributed by atoms with van der Waals surface area (Å²) in [5.41, 5.74) is 4.10. The van der Waals surface area contributed by atoms with Crippen molar-refractivity contribution in [2.45, 2.75) is 6.42 Å². The van der Waals surface area contributed by atoms with E-state index in [-0.39, 0.29) is 0 Å². The van der Waals surface area contributed by atoms with Crippen molar-refractivity contribution in [2.75, 3.05) is 0 Å². The summed E-state index contributed by atoms with van der Waals surface area (Å²) in [7, 11) is 0. The fourth-order valence-electron chi connectivity index (χ4n) is 2.19. The van der Waals surface area contributed by atoms with Crippen LogP contribution in [0.3, 0.4) is 0 Å². The van der Waals surface area contributed by atoms with Gasteiger partial charge in [-0.05, 0) is 70.7 Å². The maximum absolute atomic E-state index is 8.71. The molecule has 2 aromatic carbocycles. The zero-order valence-corrected chi connectivity index (χ0v) is 13.4. The maximum atomic E-state index is 8.71. The Morgan fingerprint density at radius 1 is 1.20 bits per heavy atom. The standard InChI is InChI=1S/C15H10IN3S/c16-11-3-6-14-13(9-11)18-15(20)19(14)12-4-1-10(2-5-12)7-8-17/h1-6,9H,7H2,(H,18,20). The minimum Gasteiger partial charge on any atom is -0.330 e. The van der Waals surface area contributed by atoms with E-state index in [0.717, 1.165) is 22.3 Å². The Kier molecular flexibility index (Phi) is 3.59. The third-order valence-corrected chi connectivity index (χ3v) is 4.08. The van der Waals surface area contributed by atoms with E-state index in [1.807, 2.05) is 28.8 Å². The largest absolute Gasteiger partial charge is 0.330 e. The summed E-state index contributed by atoms with van der Waals surface area (Å²) < 4.78 is 3.86. The van der Waals surface area contributed by atoms with Gasteiger partial charge >= 0.3 is 0 Å². The zero-order chi connectivity index (χ0) is 14.1. The molecule has 1 aromatic heterocycles. The lowest BCUT2D eigenvalue weighted by atomic mass is 10.1. The van der Waals surface area contributed by atoms with Crippen molar-refractivity contribution in [3.05, 3.63) is 56.4 Å². The Hall–Kier alpha value is -1.65. The first kappa shape index (κ1) is 13.3. The van der Waals surface area contributed by atoms with E-state index in [0.29, 0.717) is 11.2 Å². The molecular formula is C15H10IN3S. The highest BCUT2D eigenvalue weighted by atomic mass is 127. The van der Waals surface area contributed by atoms with Gasteiger partial charge in [0.15, 0.2) is 4.77 Å². The molecular weight excluding hydrogens is 381 g/mol. The van der Waals surface area contributed by atoms with E-state index in [2.05, 4.69) is 51.8 Å². The molecule has 5 heteroatoms. The molecule has 0 atom stereocenters. The molecule has 0 unspecified atom stereocenters. The van der Waals surface area contributed by atoms with Crippen molar-refractivity contribution >= 4 is 45.8 Å². The van der Waals surface area contributed by atoms with Crippen LogP contribution in [0.5, 0.6) is 0 Å². The number of hydrogen-bond donors (Lipinski definition) is 1. The van der Waals surface area contributed by atoms with Crippen LogP contribution in [0.25, 0.3) is 16.7 Å². The Morgan fingerprint density at radius 2 is 1.95 bits per heavy atom. The lowest BCUT2D eigenvalue weighted by Gasteiger charge is -2.05. The summed E-state index contributed by atoms with van der Waals surface area (Å²) >= 11 is 7.70. The summed E-state index contributed by atoms with van der Waals surface area (Å²) in [6.07, 6.45) is 0.428. The van der Waals surface area contributed by atoms with Gasteiger partial charge in [0, 0.05) is 9.26 Å². The Labute approximate surface area is 135 Å². The van der Waals surface area contributed by atoms with Crippen LogP contribution in [0.1, 0.15) is 5.56 Å². The normalized spacial score (nSPS) is 10.6. The van der Waals surface area contributed by atoms with Gasteiger partial charge in [-0.25, -0.2) is 0 Å². The molecule has 1 N–H and O–H groups in total. The summed E-state index contributed by atoms with van der Waals surface area (Å²) in [4.78, 5) is 3.23. The number of nitriles is 1. The van der Waals surface area contributed by atoms with E-state index in [9.17, 15) is 0 Å². The zero-order valence-electron chi connectivity index (χ0n) is 10.4. The van der Waals surface area contributed by atoms with Crippen molar-refractivity contribution in [3.8, 4) is 11.8 Å². The lowest BCUT2D eigenvalue weighted by molar-refractivity contribution is 1.06. The minimum atomic E-state index is 0.428. The van der Waals surface area contributed by atoms with Crippen molar-refractivity contribution in [3.63, 3.8) is 0 Å². The topological polar surface area (TPSA) is 44.5 Å². The van der Waals surface area contributed by atoms with Gasteiger partial charge < -0.3 is 4.98 Å². The van der Waals surface area contributed by atoms with Crippen LogP contribution >= 0.6 is 34.8 Å². The molecule has 0 aliphatic heterocycles. The molecule has 0 amide bonds. The summed E-state index contributed by atoms with van der Waals surface area (Å²) in [5.74, 6) is 0. The number of H-pyrrole nitrogens is 1. The average molecular weight is 391 g/mol. The van der Waals surface area contributed by atoms with Gasteiger partial charge in [0.25, 0.3) is 0 Å². The molecule has 0 spiro atoms. The molecule has 3 nitrogen and oxygen atoms in total. The molecule has 0 saturated heterocycles. The smallest absolute Gasteiger partial charge is 0.182 e. The van der Waals surface area contributed by atoms with Gasteiger partial charge in [-0.15, -0.1) is 0 Å². The van der Waals surface area contributed by atoms with Gasteiger partial charge in [0.2, 0.25) is 0 Å². The fraction of sp³-hybridized carbons (Fsp3) is 0.0667. The number of aromatic nitrogens is 2. The first-order chi connectivity index (χ1) is 9.69. The van der Waals surface area contributed by atoms with Crippen molar-refractivity contribution < 1.29 is 0 Å². The molecule has 20 heavy (non-hydrogen) atoms. The second-order valence-electron chi connectivity index (χ2n) is 4.43. The van der Waals surface area contributed by atoms with E-state index < -0.39 is 0 Å². The van der Waals surface area contributed by atoms with Crippen LogP contribution in [0.2, 0.25) is 0 Å². The summed E-state index contributed by atoms with van der Waals surface area (Å²) in [6.45, 7) is 0. The van der Waals surface area contributed by atoms with Crippen LogP contribution in [0, 0.1) is 19.7 Å². The predicted octanol–water partition coefficient (Wildman–Crippen LogP) is 4.36. The third-order valence-electron chi connectivity index (χ3n) is 3.12. The molecule has 98 valence electrons. The van der Waals surface area contributed by atoms with E-state index in [4.69, 9.17) is 17.5 Å². The lowest BCUT2D eigenvalue weighted by Crippen LogP contribution is -1.94.